The zero-order chi connectivity index (χ0) is 15.5. The van der Waals surface area contributed by atoms with Crippen LogP contribution in [0.25, 0.3) is 0 Å². The molecule has 1 aromatic rings. The number of aliphatic hydroxyl groups excluding tert-OH is 1. The van der Waals surface area contributed by atoms with Crippen molar-refractivity contribution in [1.82, 2.24) is 4.72 Å². The minimum atomic E-state index is -3.96. The Morgan fingerprint density at radius 2 is 2.05 bits per heavy atom. The number of nitrogens with zero attached hydrogens (tertiary/aromatic N) is 1. The Balaban J connectivity index is 3.16. The molecule has 0 aliphatic heterocycles. The summed E-state index contributed by atoms with van der Waals surface area (Å²) in [6.07, 6.45) is 0. The van der Waals surface area contributed by atoms with Crippen molar-refractivity contribution in [3.05, 3.63) is 33.3 Å². The highest BCUT2D eigenvalue weighted by atomic mass is 35.5. The lowest BCUT2D eigenvalue weighted by Gasteiger charge is -2.19. The van der Waals surface area contributed by atoms with Gasteiger partial charge in [0, 0.05) is 12.1 Å². The van der Waals surface area contributed by atoms with Gasteiger partial charge in [-0.25, -0.2) is 13.1 Å². The number of benzene rings is 1. The Morgan fingerprint density at radius 3 is 2.50 bits per heavy atom. The first kappa shape index (κ1) is 16.8. The van der Waals surface area contributed by atoms with Crippen molar-refractivity contribution in [2.75, 3.05) is 6.61 Å². The maximum atomic E-state index is 12.1. The van der Waals surface area contributed by atoms with Gasteiger partial charge in [0.2, 0.25) is 10.0 Å². The molecule has 0 bridgehead atoms. The van der Waals surface area contributed by atoms with E-state index in [9.17, 15) is 18.5 Å². The summed E-state index contributed by atoms with van der Waals surface area (Å²) in [6, 6.07) is 2.54. The number of halogens is 1. The molecule has 0 aromatic heterocycles. The maximum absolute atomic E-state index is 12.1. The fraction of sp³-hybridized carbons (Fsp3) is 0.455. The molecule has 0 saturated heterocycles. The first-order valence-electron chi connectivity index (χ1n) is 5.76. The van der Waals surface area contributed by atoms with Crippen LogP contribution in [0.5, 0.6) is 0 Å². The molecule has 0 fully saturated rings. The average molecular weight is 323 g/mol. The molecule has 0 aliphatic carbocycles. The van der Waals surface area contributed by atoms with Gasteiger partial charge in [-0.2, -0.15) is 0 Å². The molecule has 0 aliphatic rings. The number of sulfonamides is 1. The summed E-state index contributed by atoms with van der Waals surface area (Å²) in [5.74, 6) is -0.128. The fourth-order valence-corrected chi connectivity index (χ4v) is 3.03. The fourth-order valence-electron chi connectivity index (χ4n) is 1.45. The third kappa shape index (κ3) is 3.89. The van der Waals surface area contributed by atoms with Crippen LogP contribution in [-0.2, 0) is 10.0 Å². The van der Waals surface area contributed by atoms with Crippen LogP contribution in [0.15, 0.2) is 23.1 Å². The topological polar surface area (TPSA) is 110 Å². The van der Waals surface area contributed by atoms with E-state index < -0.39 is 26.7 Å². The van der Waals surface area contributed by atoms with E-state index in [0.29, 0.717) is 0 Å². The van der Waals surface area contributed by atoms with Crippen LogP contribution in [0.1, 0.15) is 13.8 Å². The highest BCUT2D eigenvalue weighted by molar-refractivity contribution is 7.89. The molecule has 2 N–H and O–H groups in total. The number of nitro benzene ring substituents is 1. The van der Waals surface area contributed by atoms with Crippen molar-refractivity contribution >= 4 is 27.3 Å². The zero-order valence-electron chi connectivity index (χ0n) is 10.9. The highest BCUT2D eigenvalue weighted by Crippen LogP contribution is 2.27. The molecule has 1 rings (SSSR count). The third-order valence-electron chi connectivity index (χ3n) is 2.73. The number of rotatable bonds is 6. The average Bonchev–Trinajstić information content (AvgIpc) is 2.35. The second kappa shape index (κ2) is 6.49. The standard InChI is InChI=1S/C11H15ClN2O5S/c1-7(2)10(6-15)13-20(18,19)8-3-4-9(12)11(5-8)14(16)17/h3-5,7,10,13,15H,6H2,1-2H3/t10-/m1/s1. The van der Waals surface area contributed by atoms with Crippen LogP contribution in [-0.4, -0.2) is 31.1 Å². The van der Waals surface area contributed by atoms with Gasteiger partial charge < -0.3 is 5.11 Å². The molecular weight excluding hydrogens is 308 g/mol. The minimum Gasteiger partial charge on any atom is -0.395 e. The maximum Gasteiger partial charge on any atom is 0.289 e. The van der Waals surface area contributed by atoms with Crippen molar-refractivity contribution < 1.29 is 18.4 Å². The molecule has 0 heterocycles. The zero-order valence-corrected chi connectivity index (χ0v) is 12.5. The second-order valence-electron chi connectivity index (χ2n) is 4.52. The lowest BCUT2D eigenvalue weighted by Crippen LogP contribution is -2.41. The SMILES string of the molecule is CC(C)[C@@H](CO)NS(=O)(=O)c1ccc(Cl)c([N+](=O)[O-])c1. The number of hydrogen-bond donors (Lipinski definition) is 2. The van der Waals surface area contributed by atoms with Crippen LogP contribution in [0.2, 0.25) is 5.02 Å². The van der Waals surface area contributed by atoms with Gasteiger partial charge >= 0.3 is 0 Å². The highest BCUT2D eigenvalue weighted by Gasteiger charge is 2.24. The van der Waals surface area contributed by atoms with Crippen LogP contribution in [0.4, 0.5) is 5.69 Å². The summed E-state index contributed by atoms with van der Waals surface area (Å²) in [6.45, 7) is 3.12. The monoisotopic (exact) mass is 322 g/mol. The van der Waals surface area contributed by atoms with Gasteiger partial charge in [-0.05, 0) is 18.1 Å². The van der Waals surface area contributed by atoms with Gasteiger partial charge in [-0.15, -0.1) is 0 Å². The predicted octanol–water partition coefficient (Wildman–Crippen LogP) is 1.54. The van der Waals surface area contributed by atoms with Crippen LogP contribution in [0, 0.1) is 16.0 Å². The van der Waals surface area contributed by atoms with E-state index in [4.69, 9.17) is 16.7 Å². The van der Waals surface area contributed by atoms with E-state index in [1.807, 2.05) is 0 Å². The molecule has 1 atom stereocenters. The molecule has 0 spiro atoms. The largest absolute Gasteiger partial charge is 0.395 e. The molecule has 0 radical (unpaired) electrons. The number of nitrogens with one attached hydrogen (secondary N) is 1. The van der Waals surface area contributed by atoms with Crippen molar-refractivity contribution in [3.8, 4) is 0 Å². The molecule has 20 heavy (non-hydrogen) atoms. The molecular formula is C11H15ClN2O5S. The summed E-state index contributed by atoms with van der Waals surface area (Å²) >= 11 is 5.63. The Labute approximate surface area is 121 Å². The lowest BCUT2D eigenvalue weighted by molar-refractivity contribution is -0.384. The van der Waals surface area contributed by atoms with Gasteiger partial charge in [0.1, 0.15) is 5.02 Å². The van der Waals surface area contributed by atoms with E-state index in [2.05, 4.69) is 4.72 Å². The van der Waals surface area contributed by atoms with Crippen molar-refractivity contribution in [2.24, 2.45) is 5.92 Å². The molecule has 7 nitrogen and oxygen atoms in total. The third-order valence-corrected chi connectivity index (χ3v) is 4.54. The summed E-state index contributed by atoms with van der Waals surface area (Å²) in [7, 11) is -3.96. The second-order valence-corrected chi connectivity index (χ2v) is 6.65. The Hall–Kier alpha value is -1.22. The quantitative estimate of drug-likeness (QED) is 0.610. The van der Waals surface area contributed by atoms with Gasteiger partial charge in [0.25, 0.3) is 5.69 Å². The lowest BCUT2D eigenvalue weighted by atomic mass is 10.1. The van der Waals surface area contributed by atoms with E-state index in [1.54, 1.807) is 13.8 Å². The Morgan fingerprint density at radius 1 is 1.45 bits per heavy atom. The van der Waals surface area contributed by atoms with Crippen molar-refractivity contribution in [2.45, 2.75) is 24.8 Å². The van der Waals surface area contributed by atoms with Crippen LogP contribution < -0.4 is 4.72 Å². The van der Waals surface area contributed by atoms with Crippen molar-refractivity contribution in [1.29, 1.82) is 0 Å². The first-order valence-corrected chi connectivity index (χ1v) is 7.62. The summed E-state index contributed by atoms with van der Waals surface area (Å²) in [4.78, 5) is 9.73. The first-order chi connectivity index (χ1) is 9.19. The van der Waals surface area contributed by atoms with Gasteiger partial charge in [0.05, 0.1) is 16.4 Å². The molecule has 0 saturated carbocycles. The van der Waals surface area contributed by atoms with E-state index in [1.165, 1.54) is 6.07 Å². The number of hydrogen-bond acceptors (Lipinski definition) is 5. The molecule has 112 valence electrons. The predicted molar refractivity (Wildman–Crippen MR) is 74.1 cm³/mol. The molecule has 1 aromatic carbocycles. The van der Waals surface area contributed by atoms with E-state index in [-0.39, 0.29) is 22.4 Å². The van der Waals surface area contributed by atoms with E-state index in [0.717, 1.165) is 12.1 Å². The van der Waals surface area contributed by atoms with Gasteiger partial charge in [-0.1, -0.05) is 25.4 Å². The van der Waals surface area contributed by atoms with Crippen LogP contribution in [0.3, 0.4) is 0 Å². The van der Waals surface area contributed by atoms with Crippen LogP contribution >= 0.6 is 11.6 Å². The number of nitro groups is 1. The normalized spacial score (nSPS) is 13.4. The summed E-state index contributed by atoms with van der Waals surface area (Å²) in [5, 5.41) is 19.7. The molecule has 0 unspecified atom stereocenters. The molecule has 0 amide bonds. The van der Waals surface area contributed by atoms with Gasteiger partial charge in [0.15, 0.2) is 0 Å². The van der Waals surface area contributed by atoms with E-state index >= 15 is 0 Å². The Bertz CT molecular complexity index is 603. The Kier molecular flexibility index (Phi) is 5.46. The minimum absolute atomic E-state index is 0.128. The van der Waals surface area contributed by atoms with Crippen molar-refractivity contribution in [3.63, 3.8) is 0 Å². The number of aliphatic hydroxyl groups is 1. The van der Waals surface area contributed by atoms with Gasteiger partial charge in [-0.3, -0.25) is 10.1 Å². The molecule has 9 heteroatoms. The summed E-state index contributed by atoms with van der Waals surface area (Å²) < 4.78 is 26.5. The summed E-state index contributed by atoms with van der Waals surface area (Å²) in [5.41, 5.74) is -0.486. The smallest absolute Gasteiger partial charge is 0.289 e.